The maximum Gasteiger partial charge on any atom is 0.304 e. The van der Waals surface area contributed by atoms with Crippen LogP contribution in [0.3, 0.4) is 0 Å². The number of hydrogen-bond acceptors (Lipinski definition) is 4. The van der Waals surface area contributed by atoms with Crippen LogP contribution in [0.1, 0.15) is 5.56 Å². The number of ether oxygens (including phenoxy) is 1. The SMILES string of the molecule is Nc1ccccc1OCc1ccc([N+](=O)[O-])c(F)c1. The Balaban J connectivity index is 2.11. The molecule has 0 aromatic heterocycles. The van der Waals surface area contributed by atoms with Gasteiger partial charge in [-0.25, -0.2) is 0 Å². The van der Waals surface area contributed by atoms with Gasteiger partial charge in [0.2, 0.25) is 5.82 Å². The summed E-state index contributed by atoms with van der Waals surface area (Å²) in [7, 11) is 0. The fourth-order valence-corrected chi connectivity index (χ4v) is 1.56. The van der Waals surface area contributed by atoms with E-state index in [1.807, 2.05) is 0 Å². The number of rotatable bonds is 4. The quantitative estimate of drug-likeness (QED) is 0.522. The smallest absolute Gasteiger partial charge is 0.304 e. The van der Waals surface area contributed by atoms with Crippen LogP contribution in [0.2, 0.25) is 0 Å². The summed E-state index contributed by atoms with van der Waals surface area (Å²) in [4.78, 5) is 9.71. The number of benzene rings is 2. The van der Waals surface area contributed by atoms with Crippen molar-refractivity contribution in [1.82, 2.24) is 0 Å². The van der Waals surface area contributed by atoms with Crippen molar-refractivity contribution in [1.29, 1.82) is 0 Å². The number of halogens is 1. The molecule has 0 saturated carbocycles. The molecule has 0 aliphatic heterocycles. The molecule has 5 nitrogen and oxygen atoms in total. The Morgan fingerprint density at radius 2 is 2.00 bits per heavy atom. The van der Waals surface area contributed by atoms with Crippen LogP contribution in [-0.2, 0) is 6.61 Å². The predicted molar refractivity (Wildman–Crippen MR) is 68.2 cm³/mol. The summed E-state index contributed by atoms with van der Waals surface area (Å²) < 4.78 is 18.8. The zero-order valence-electron chi connectivity index (χ0n) is 9.88. The van der Waals surface area contributed by atoms with E-state index < -0.39 is 16.4 Å². The van der Waals surface area contributed by atoms with E-state index in [-0.39, 0.29) is 6.61 Å². The van der Waals surface area contributed by atoms with Gasteiger partial charge in [-0.05, 0) is 29.8 Å². The van der Waals surface area contributed by atoms with Crippen LogP contribution in [0.15, 0.2) is 42.5 Å². The third kappa shape index (κ3) is 2.98. The van der Waals surface area contributed by atoms with Crippen LogP contribution in [0, 0.1) is 15.9 Å². The molecular weight excluding hydrogens is 251 g/mol. The zero-order valence-corrected chi connectivity index (χ0v) is 9.88. The van der Waals surface area contributed by atoms with Gasteiger partial charge in [0.05, 0.1) is 10.6 Å². The molecule has 2 aromatic rings. The Morgan fingerprint density at radius 3 is 2.63 bits per heavy atom. The van der Waals surface area contributed by atoms with Gasteiger partial charge in [-0.1, -0.05) is 12.1 Å². The van der Waals surface area contributed by atoms with Crippen LogP contribution >= 0.6 is 0 Å². The third-order valence-corrected chi connectivity index (χ3v) is 2.52. The van der Waals surface area contributed by atoms with Gasteiger partial charge >= 0.3 is 5.69 Å². The van der Waals surface area contributed by atoms with Gasteiger partial charge < -0.3 is 10.5 Å². The molecule has 0 aliphatic rings. The Kier molecular flexibility index (Phi) is 3.61. The number of nitro benzene ring substituents is 1. The van der Waals surface area contributed by atoms with Crippen molar-refractivity contribution >= 4 is 11.4 Å². The lowest BCUT2D eigenvalue weighted by Crippen LogP contribution is -2.00. The van der Waals surface area contributed by atoms with E-state index >= 15 is 0 Å². The summed E-state index contributed by atoms with van der Waals surface area (Å²) >= 11 is 0. The minimum absolute atomic E-state index is 0.0864. The van der Waals surface area contributed by atoms with Gasteiger partial charge in [-0.3, -0.25) is 10.1 Å². The van der Waals surface area contributed by atoms with E-state index in [2.05, 4.69) is 0 Å². The van der Waals surface area contributed by atoms with Crippen molar-refractivity contribution in [3.8, 4) is 5.75 Å². The largest absolute Gasteiger partial charge is 0.487 e. The van der Waals surface area contributed by atoms with Crippen molar-refractivity contribution in [2.75, 3.05) is 5.73 Å². The van der Waals surface area contributed by atoms with Gasteiger partial charge in [0.25, 0.3) is 0 Å². The van der Waals surface area contributed by atoms with Gasteiger partial charge in [0.1, 0.15) is 12.4 Å². The fraction of sp³-hybridized carbons (Fsp3) is 0.0769. The van der Waals surface area contributed by atoms with Crippen molar-refractivity contribution in [2.45, 2.75) is 6.61 Å². The lowest BCUT2D eigenvalue weighted by atomic mass is 10.2. The molecule has 0 saturated heterocycles. The van der Waals surface area contributed by atoms with E-state index in [1.54, 1.807) is 24.3 Å². The second-order valence-electron chi connectivity index (χ2n) is 3.87. The highest BCUT2D eigenvalue weighted by molar-refractivity contribution is 5.51. The van der Waals surface area contributed by atoms with Gasteiger partial charge in [0.15, 0.2) is 0 Å². The normalized spacial score (nSPS) is 10.2. The fourth-order valence-electron chi connectivity index (χ4n) is 1.56. The zero-order chi connectivity index (χ0) is 13.8. The molecule has 0 bridgehead atoms. The maximum atomic E-state index is 13.4. The van der Waals surface area contributed by atoms with Gasteiger partial charge in [-0.2, -0.15) is 4.39 Å². The molecule has 2 N–H and O–H groups in total. The molecule has 2 aromatic carbocycles. The van der Waals surface area contributed by atoms with Crippen LogP contribution in [0.25, 0.3) is 0 Å². The maximum absolute atomic E-state index is 13.4. The van der Waals surface area contributed by atoms with Gasteiger partial charge in [-0.15, -0.1) is 0 Å². The summed E-state index contributed by atoms with van der Waals surface area (Å²) in [5.41, 5.74) is 6.11. The van der Waals surface area contributed by atoms with E-state index in [1.165, 1.54) is 6.07 Å². The molecular formula is C13H11FN2O3. The summed E-state index contributed by atoms with van der Waals surface area (Å²) in [5.74, 6) is -0.395. The molecule has 98 valence electrons. The topological polar surface area (TPSA) is 78.4 Å². The van der Waals surface area contributed by atoms with Crippen LogP contribution in [-0.4, -0.2) is 4.92 Å². The van der Waals surface area contributed by atoms with E-state index in [4.69, 9.17) is 10.5 Å². The minimum atomic E-state index is -0.882. The minimum Gasteiger partial charge on any atom is -0.487 e. The monoisotopic (exact) mass is 262 g/mol. The number of anilines is 1. The highest BCUT2D eigenvalue weighted by Crippen LogP contribution is 2.22. The molecule has 0 unspecified atom stereocenters. The van der Waals surface area contributed by atoms with Crippen molar-refractivity contribution in [3.05, 3.63) is 64.0 Å². The molecule has 0 amide bonds. The average Bonchev–Trinajstić information content (AvgIpc) is 2.37. The number of para-hydroxylation sites is 2. The van der Waals surface area contributed by atoms with Gasteiger partial charge in [0, 0.05) is 6.07 Å². The average molecular weight is 262 g/mol. The lowest BCUT2D eigenvalue weighted by Gasteiger charge is -2.08. The van der Waals surface area contributed by atoms with Crippen LogP contribution in [0.5, 0.6) is 5.75 Å². The van der Waals surface area contributed by atoms with Crippen LogP contribution in [0.4, 0.5) is 15.8 Å². The Bertz CT molecular complexity index is 617. The molecule has 0 atom stereocenters. The van der Waals surface area contributed by atoms with E-state index in [9.17, 15) is 14.5 Å². The third-order valence-electron chi connectivity index (χ3n) is 2.52. The van der Waals surface area contributed by atoms with Crippen molar-refractivity contribution in [3.63, 3.8) is 0 Å². The molecule has 6 heteroatoms. The second-order valence-corrected chi connectivity index (χ2v) is 3.87. The summed E-state index contributed by atoms with van der Waals surface area (Å²) in [6, 6.07) is 10.6. The Labute approximate surface area is 108 Å². The first-order valence-electron chi connectivity index (χ1n) is 5.48. The van der Waals surface area contributed by atoms with Crippen molar-refractivity contribution < 1.29 is 14.1 Å². The summed E-state index contributed by atoms with van der Waals surface area (Å²) in [5, 5.41) is 10.5. The van der Waals surface area contributed by atoms with E-state index in [0.717, 1.165) is 12.1 Å². The Hall–Kier alpha value is -2.63. The summed E-state index contributed by atoms with van der Waals surface area (Å²) in [6.07, 6.45) is 0. The van der Waals surface area contributed by atoms with Crippen molar-refractivity contribution in [2.24, 2.45) is 0 Å². The number of nitro groups is 1. The molecule has 2 rings (SSSR count). The predicted octanol–water partition coefficient (Wildman–Crippen LogP) is 2.90. The summed E-state index contributed by atoms with van der Waals surface area (Å²) in [6.45, 7) is 0.0864. The molecule has 19 heavy (non-hydrogen) atoms. The molecule has 0 fully saturated rings. The molecule has 0 radical (unpaired) electrons. The lowest BCUT2D eigenvalue weighted by molar-refractivity contribution is -0.387. The molecule has 0 heterocycles. The highest BCUT2D eigenvalue weighted by atomic mass is 19.1. The first kappa shape index (κ1) is 12.8. The van der Waals surface area contributed by atoms with E-state index in [0.29, 0.717) is 17.0 Å². The number of nitrogens with zero attached hydrogens (tertiary/aromatic N) is 1. The molecule has 0 aliphatic carbocycles. The molecule has 0 spiro atoms. The number of nitrogen functional groups attached to an aromatic ring is 1. The highest BCUT2D eigenvalue weighted by Gasteiger charge is 2.13. The first-order chi connectivity index (χ1) is 9.08. The first-order valence-corrected chi connectivity index (χ1v) is 5.48. The second kappa shape index (κ2) is 5.34. The standard InChI is InChI=1S/C13H11FN2O3/c14-10-7-9(5-6-12(10)16(17)18)8-19-13-4-2-1-3-11(13)15/h1-7H,8,15H2. The Morgan fingerprint density at radius 1 is 1.26 bits per heavy atom. The van der Waals surface area contributed by atoms with Crippen LogP contribution < -0.4 is 10.5 Å². The number of nitrogens with two attached hydrogens (primary N) is 1. The number of hydrogen-bond donors (Lipinski definition) is 1.